The lowest BCUT2D eigenvalue weighted by atomic mass is 10.0. The van der Waals surface area contributed by atoms with Crippen molar-refractivity contribution in [3.8, 4) is 0 Å². The van der Waals surface area contributed by atoms with Crippen LogP contribution in [0, 0.1) is 11.7 Å². The number of hydrogen-bond donors (Lipinski definition) is 1. The molecule has 1 unspecified atom stereocenters. The minimum atomic E-state index is -0.260. The molecule has 1 aliphatic carbocycles. The van der Waals surface area contributed by atoms with E-state index in [0.717, 1.165) is 25.7 Å². The third kappa shape index (κ3) is 2.84. The van der Waals surface area contributed by atoms with E-state index in [1.807, 2.05) is 6.92 Å². The second-order valence-corrected chi connectivity index (χ2v) is 4.73. The molecule has 17 heavy (non-hydrogen) atoms. The number of nitrogens with one attached hydrogen (secondary N) is 1. The summed E-state index contributed by atoms with van der Waals surface area (Å²) in [5.41, 5.74) is 0.554. The lowest BCUT2D eigenvalue weighted by Crippen LogP contribution is -2.32. The predicted octanol–water partition coefficient (Wildman–Crippen LogP) is 3.19. The molecule has 92 valence electrons. The molecule has 0 bridgehead atoms. The van der Waals surface area contributed by atoms with Gasteiger partial charge in [-0.2, -0.15) is 0 Å². The lowest BCUT2D eigenvalue weighted by Gasteiger charge is -2.17. The maximum atomic E-state index is 13.5. The van der Waals surface area contributed by atoms with Crippen LogP contribution >= 0.6 is 0 Å². The highest BCUT2D eigenvalue weighted by Gasteiger charge is 2.24. The quantitative estimate of drug-likeness (QED) is 0.856. The van der Waals surface area contributed by atoms with Gasteiger partial charge in [-0.05, 0) is 25.8 Å². The van der Waals surface area contributed by atoms with Crippen molar-refractivity contribution in [3.63, 3.8) is 0 Å². The molecule has 0 heterocycles. The molecule has 1 fully saturated rings. The second kappa shape index (κ2) is 5.30. The molecular weight excluding hydrogens is 217 g/mol. The Bertz CT molecular complexity index is 399. The van der Waals surface area contributed by atoms with Crippen molar-refractivity contribution in [2.45, 2.75) is 38.6 Å². The third-order valence-electron chi connectivity index (χ3n) is 3.46. The SMILES string of the molecule is CC(NC(=O)C1CCCC1)c1ccccc1F. The molecule has 1 aromatic carbocycles. The van der Waals surface area contributed by atoms with E-state index in [-0.39, 0.29) is 23.7 Å². The van der Waals surface area contributed by atoms with Crippen LogP contribution < -0.4 is 5.32 Å². The van der Waals surface area contributed by atoms with Crippen LogP contribution in [-0.2, 0) is 4.79 Å². The van der Waals surface area contributed by atoms with E-state index in [1.165, 1.54) is 6.07 Å². The van der Waals surface area contributed by atoms with E-state index < -0.39 is 0 Å². The summed E-state index contributed by atoms with van der Waals surface area (Å²) in [7, 11) is 0. The van der Waals surface area contributed by atoms with Gasteiger partial charge < -0.3 is 5.32 Å². The summed E-state index contributed by atoms with van der Waals surface area (Å²) in [4.78, 5) is 11.9. The van der Waals surface area contributed by atoms with Crippen LogP contribution in [0.4, 0.5) is 4.39 Å². The Morgan fingerprint density at radius 2 is 2.00 bits per heavy atom. The van der Waals surface area contributed by atoms with Crippen molar-refractivity contribution >= 4 is 5.91 Å². The molecule has 0 radical (unpaired) electrons. The first-order chi connectivity index (χ1) is 8.18. The summed E-state index contributed by atoms with van der Waals surface area (Å²) in [6.45, 7) is 1.82. The zero-order valence-electron chi connectivity index (χ0n) is 10.1. The van der Waals surface area contributed by atoms with Crippen LogP contribution in [0.2, 0.25) is 0 Å². The van der Waals surface area contributed by atoms with E-state index in [2.05, 4.69) is 5.32 Å². The number of carbonyl (C=O) groups is 1. The molecule has 0 saturated heterocycles. The van der Waals surface area contributed by atoms with Gasteiger partial charge in [0.05, 0.1) is 6.04 Å². The van der Waals surface area contributed by atoms with Crippen LogP contribution in [0.3, 0.4) is 0 Å². The van der Waals surface area contributed by atoms with Gasteiger partial charge >= 0.3 is 0 Å². The van der Waals surface area contributed by atoms with Gasteiger partial charge in [0.2, 0.25) is 5.91 Å². The Labute approximate surface area is 101 Å². The molecule has 0 aliphatic heterocycles. The van der Waals surface area contributed by atoms with Gasteiger partial charge in [-0.1, -0.05) is 31.0 Å². The third-order valence-corrected chi connectivity index (χ3v) is 3.46. The fourth-order valence-corrected chi connectivity index (χ4v) is 2.42. The van der Waals surface area contributed by atoms with Gasteiger partial charge in [0.25, 0.3) is 0 Å². The van der Waals surface area contributed by atoms with Crippen molar-refractivity contribution < 1.29 is 9.18 Å². The van der Waals surface area contributed by atoms with Crippen LogP contribution in [0.25, 0.3) is 0 Å². The Balaban J connectivity index is 1.99. The number of amides is 1. The topological polar surface area (TPSA) is 29.1 Å². The summed E-state index contributed by atoms with van der Waals surface area (Å²) < 4.78 is 13.5. The van der Waals surface area contributed by atoms with Gasteiger partial charge in [-0.25, -0.2) is 4.39 Å². The van der Waals surface area contributed by atoms with Crippen LogP contribution in [0.5, 0.6) is 0 Å². The van der Waals surface area contributed by atoms with Gasteiger partial charge in [0.15, 0.2) is 0 Å². The van der Waals surface area contributed by atoms with Gasteiger partial charge in [0.1, 0.15) is 5.82 Å². The monoisotopic (exact) mass is 235 g/mol. The molecule has 1 saturated carbocycles. The Morgan fingerprint density at radius 1 is 1.35 bits per heavy atom. The second-order valence-electron chi connectivity index (χ2n) is 4.73. The Kier molecular flexibility index (Phi) is 3.77. The van der Waals surface area contributed by atoms with Gasteiger partial charge in [-0.3, -0.25) is 4.79 Å². The molecule has 2 rings (SSSR count). The van der Waals surface area contributed by atoms with Crippen LogP contribution in [-0.4, -0.2) is 5.91 Å². The average Bonchev–Trinajstić information content (AvgIpc) is 2.82. The number of carbonyl (C=O) groups excluding carboxylic acids is 1. The van der Waals surface area contributed by atoms with Gasteiger partial charge in [-0.15, -0.1) is 0 Å². The van der Waals surface area contributed by atoms with Crippen molar-refractivity contribution in [1.82, 2.24) is 5.32 Å². The molecule has 1 aromatic rings. The van der Waals surface area contributed by atoms with Crippen molar-refractivity contribution in [1.29, 1.82) is 0 Å². The lowest BCUT2D eigenvalue weighted by molar-refractivity contribution is -0.125. The zero-order chi connectivity index (χ0) is 12.3. The number of benzene rings is 1. The minimum absolute atomic E-state index is 0.0678. The average molecular weight is 235 g/mol. The smallest absolute Gasteiger partial charge is 0.223 e. The van der Waals surface area contributed by atoms with E-state index in [0.29, 0.717) is 5.56 Å². The highest BCUT2D eigenvalue weighted by atomic mass is 19.1. The van der Waals surface area contributed by atoms with E-state index in [1.54, 1.807) is 18.2 Å². The zero-order valence-corrected chi connectivity index (χ0v) is 10.1. The molecule has 1 aliphatic rings. The largest absolute Gasteiger partial charge is 0.349 e. The molecular formula is C14H18FNO. The van der Waals surface area contributed by atoms with E-state index in [4.69, 9.17) is 0 Å². The first-order valence-corrected chi connectivity index (χ1v) is 6.23. The first-order valence-electron chi connectivity index (χ1n) is 6.23. The molecule has 1 atom stereocenters. The fourth-order valence-electron chi connectivity index (χ4n) is 2.42. The van der Waals surface area contributed by atoms with Crippen molar-refractivity contribution in [2.75, 3.05) is 0 Å². The first kappa shape index (κ1) is 12.1. The molecule has 2 nitrogen and oxygen atoms in total. The Hall–Kier alpha value is -1.38. The summed E-state index contributed by atoms with van der Waals surface area (Å²) in [5.74, 6) is -0.0609. The van der Waals surface area contributed by atoms with Crippen molar-refractivity contribution in [3.05, 3.63) is 35.6 Å². The maximum absolute atomic E-state index is 13.5. The van der Waals surface area contributed by atoms with Gasteiger partial charge in [0, 0.05) is 11.5 Å². The number of rotatable bonds is 3. The Morgan fingerprint density at radius 3 is 2.65 bits per heavy atom. The highest BCUT2D eigenvalue weighted by Crippen LogP contribution is 2.26. The normalized spacial score (nSPS) is 18.0. The molecule has 0 aromatic heterocycles. The predicted molar refractivity (Wildman–Crippen MR) is 64.9 cm³/mol. The molecule has 1 amide bonds. The van der Waals surface area contributed by atoms with E-state index >= 15 is 0 Å². The van der Waals surface area contributed by atoms with E-state index in [9.17, 15) is 9.18 Å². The number of hydrogen-bond acceptors (Lipinski definition) is 1. The van der Waals surface area contributed by atoms with Crippen LogP contribution in [0.15, 0.2) is 24.3 Å². The molecule has 3 heteroatoms. The summed E-state index contributed by atoms with van der Waals surface area (Å²) >= 11 is 0. The summed E-state index contributed by atoms with van der Waals surface area (Å²) in [6, 6.07) is 6.33. The minimum Gasteiger partial charge on any atom is -0.349 e. The number of halogens is 1. The van der Waals surface area contributed by atoms with Crippen LogP contribution in [0.1, 0.15) is 44.2 Å². The fraction of sp³-hybridized carbons (Fsp3) is 0.500. The molecule has 1 N–H and O–H groups in total. The maximum Gasteiger partial charge on any atom is 0.223 e. The standard InChI is InChI=1S/C14H18FNO/c1-10(12-8-4-5-9-13(12)15)16-14(17)11-6-2-3-7-11/h4-5,8-11H,2-3,6-7H2,1H3,(H,16,17). The summed E-state index contributed by atoms with van der Waals surface area (Å²) in [6.07, 6.45) is 4.20. The van der Waals surface area contributed by atoms with Crippen molar-refractivity contribution in [2.24, 2.45) is 5.92 Å². The molecule has 0 spiro atoms. The highest BCUT2D eigenvalue weighted by molar-refractivity contribution is 5.79. The summed E-state index contributed by atoms with van der Waals surface area (Å²) in [5, 5.41) is 2.90.